The molecule has 1 aromatic heterocycles. The predicted octanol–water partition coefficient (Wildman–Crippen LogP) is 4.95. The van der Waals surface area contributed by atoms with Crippen molar-refractivity contribution in [2.45, 2.75) is 0 Å². The molecule has 0 aliphatic rings. The van der Waals surface area contributed by atoms with Crippen LogP contribution in [0.4, 0.5) is 10.1 Å². The Labute approximate surface area is 123 Å². The molecule has 0 radical (unpaired) electrons. The molecule has 0 fully saturated rings. The lowest BCUT2D eigenvalue weighted by Gasteiger charge is -2.03. The van der Waals surface area contributed by atoms with Gasteiger partial charge in [-0.1, -0.05) is 23.7 Å². The van der Waals surface area contributed by atoms with E-state index in [-0.39, 0.29) is 11.7 Å². The van der Waals surface area contributed by atoms with Crippen LogP contribution in [0, 0.1) is 5.82 Å². The Bertz CT molecular complexity index is 799. The number of carbonyl (C=O) groups excluding carboxylic acids is 1. The van der Waals surface area contributed by atoms with Crippen molar-refractivity contribution in [3.63, 3.8) is 0 Å². The Hall–Kier alpha value is -1.91. The maximum atomic E-state index is 13.6. The van der Waals surface area contributed by atoms with Crippen LogP contribution in [0.3, 0.4) is 0 Å². The second-order valence-corrected chi connectivity index (χ2v) is 5.75. The fourth-order valence-corrected chi connectivity index (χ4v) is 3.06. The topological polar surface area (TPSA) is 29.1 Å². The smallest absolute Gasteiger partial charge is 0.265 e. The largest absolute Gasteiger partial charge is 0.321 e. The predicted molar refractivity (Wildman–Crippen MR) is 81.2 cm³/mol. The molecule has 2 nitrogen and oxygen atoms in total. The van der Waals surface area contributed by atoms with Gasteiger partial charge in [-0.05, 0) is 36.4 Å². The SMILES string of the molecule is O=C(Nc1cccc(Cl)c1)c1cc2c(F)cccc2s1. The minimum Gasteiger partial charge on any atom is -0.321 e. The second kappa shape index (κ2) is 5.23. The Balaban J connectivity index is 1.91. The maximum absolute atomic E-state index is 13.6. The summed E-state index contributed by atoms with van der Waals surface area (Å²) in [4.78, 5) is 12.6. The van der Waals surface area contributed by atoms with Gasteiger partial charge in [-0.15, -0.1) is 11.3 Å². The summed E-state index contributed by atoms with van der Waals surface area (Å²) in [6.45, 7) is 0. The number of rotatable bonds is 2. The van der Waals surface area contributed by atoms with Gasteiger partial charge in [0.15, 0.2) is 0 Å². The average molecular weight is 306 g/mol. The monoisotopic (exact) mass is 305 g/mol. The lowest BCUT2D eigenvalue weighted by atomic mass is 10.2. The van der Waals surface area contributed by atoms with Gasteiger partial charge in [0.25, 0.3) is 5.91 Å². The maximum Gasteiger partial charge on any atom is 0.265 e. The quantitative estimate of drug-likeness (QED) is 0.713. The summed E-state index contributed by atoms with van der Waals surface area (Å²) in [5, 5.41) is 3.76. The molecule has 2 aromatic carbocycles. The highest BCUT2D eigenvalue weighted by atomic mass is 35.5. The summed E-state index contributed by atoms with van der Waals surface area (Å²) in [5.74, 6) is -0.589. The molecule has 1 N–H and O–H groups in total. The number of hydrogen-bond donors (Lipinski definition) is 1. The van der Waals surface area contributed by atoms with E-state index in [0.29, 0.717) is 21.0 Å². The van der Waals surface area contributed by atoms with Crippen molar-refractivity contribution in [2.75, 3.05) is 5.32 Å². The van der Waals surface area contributed by atoms with E-state index in [1.807, 2.05) is 0 Å². The van der Waals surface area contributed by atoms with Crippen LogP contribution in [0.2, 0.25) is 5.02 Å². The first kappa shape index (κ1) is 13.1. The van der Waals surface area contributed by atoms with Gasteiger partial charge in [0.1, 0.15) is 5.82 Å². The molecule has 0 aliphatic carbocycles. The highest BCUT2D eigenvalue weighted by molar-refractivity contribution is 7.20. The third kappa shape index (κ3) is 2.53. The van der Waals surface area contributed by atoms with Crippen molar-refractivity contribution in [3.8, 4) is 0 Å². The van der Waals surface area contributed by atoms with E-state index in [1.54, 1.807) is 42.5 Å². The van der Waals surface area contributed by atoms with E-state index < -0.39 is 0 Å². The zero-order valence-corrected chi connectivity index (χ0v) is 11.8. The fraction of sp³-hybridized carbons (Fsp3) is 0. The number of nitrogens with one attached hydrogen (secondary N) is 1. The first-order valence-corrected chi connectivity index (χ1v) is 7.08. The van der Waals surface area contributed by atoms with Crippen LogP contribution in [-0.2, 0) is 0 Å². The third-order valence-electron chi connectivity index (χ3n) is 2.81. The van der Waals surface area contributed by atoms with Gasteiger partial charge >= 0.3 is 0 Å². The Kier molecular flexibility index (Phi) is 3.42. The van der Waals surface area contributed by atoms with Crippen molar-refractivity contribution in [3.05, 3.63) is 64.2 Å². The summed E-state index contributed by atoms with van der Waals surface area (Å²) in [6.07, 6.45) is 0. The summed E-state index contributed by atoms with van der Waals surface area (Å²) in [7, 11) is 0. The molecule has 3 rings (SSSR count). The lowest BCUT2D eigenvalue weighted by molar-refractivity contribution is 0.103. The van der Waals surface area contributed by atoms with Crippen LogP contribution in [0.1, 0.15) is 9.67 Å². The molecule has 0 atom stereocenters. The minimum atomic E-state index is -0.319. The van der Waals surface area contributed by atoms with E-state index in [1.165, 1.54) is 17.4 Å². The van der Waals surface area contributed by atoms with Crippen LogP contribution in [0.15, 0.2) is 48.5 Å². The molecule has 5 heteroatoms. The van der Waals surface area contributed by atoms with Gasteiger partial charge in [0.05, 0.1) is 4.88 Å². The standard InChI is InChI=1S/C15H9ClFNOS/c16-9-3-1-4-10(7-9)18-15(19)14-8-11-12(17)5-2-6-13(11)20-14/h1-8H,(H,18,19). The first-order chi connectivity index (χ1) is 9.63. The minimum absolute atomic E-state index is 0.270. The number of hydrogen-bond acceptors (Lipinski definition) is 2. The number of amides is 1. The molecule has 0 spiro atoms. The highest BCUT2D eigenvalue weighted by Gasteiger charge is 2.12. The Morgan fingerprint density at radius 2 is 1.95 bits per heavy atom. The van der Waals surface area contributed by atoms with Crippen molar-refractivity contribution in [1.29, 1.82) is 0 Å². The molecule has 100 valence electrons. The zero-order valence-electron chi connectivity index (χ0n) is 10.2. The molecular weight excluding hydrogens is 297 g/mol. The van der Waals surface area contributed by atoms with Crippen LogP contribution < -0.4 is 5.32 Å². The summed E-state index contributed by atoms with van der Waals surface area (Å²) in [6, 6.07) is 13.3. The van der Waals surface area contributed by atoms with Crippen molar-refractivity contribution < 1.29 is 9.18 Å². The van der Waals surface area contributed by atoms with Gasteiger partial charge in [0.2, 0.25) is 0 Å². The molecule has 1 heterocycles. The van der Waals surface area contributed by atoms with E-state index in [0.717, 1.165) is 4.70 Å². The van der Waals surface area contributed by atoms with Crippen molar-refractivity contribution in [1.82, 2.24) is 0 Å². The molecule has 0 saturated carbocycles. The normalized spacial score (nSPS) is 10.7. The molecule has 0 bridgehead atoms. The van der Waals surface area contributed by atoms with E-state index in [9.17, 15) is 9.18 Å². The first-order valence-electron chi connectivity index (χ1n) is 5.88. The third-order valence-corrected chi connectivity index (χ3v) is 4.15. The van der Waals surface area contributed by atoms with E-state index in [4.69, 9.17) is 11.6 Å². The molecule has 0 saturated heterocycles. The van der Waals surface area contributed by atoms with Gasteiger partial charge in [-0.25, -0.2) is 4.39 Å². The molecule has 0 unspecified atom stereocenters. The van der Waals surface area contributed by atoms with Gasteiger partial charge in [-0.2, -0.15) is 0 Å². The molecule has 0 aliphatic heterocycles. The van der Waals surface area contributed by atoms with Crippen LogP contribution in [0.5, 0.6) is 0 Å². The molecule has 3 aromatic rings. The van der Waals surface area contributed by atoms with Crippen LogP contribution in [0.25, 0.3) is 10.1 Å². The number of carbonyl (C=O) groups is 1. The average Bonchev–Trinajstić information content (AvgIpc) is 2.84. The number of anilines is 1. The summed E-state index contributed by atoms with van der Waals surface area (Å²) < 4.78 is 14.4. The molecule has 20 heavy (non-hydrogen) atoms. The molecule has 1 amide bonds. The lowest BCUT2D eigenvalue weighted by Crippen LogP contribution is -2.09. The van der Waals surface area contributed by atoms with Gasteiger partial charge < -0.3 is 5.32 Å². The van der Waals surface area contributed by atoms with E-state index in [2.05, 4.69) is 5.32 Å². The van der Waals surface area contributed by atoms with Crippen molar-refractivity contribution >= 4 is 44.6 Å². The van der Waals surface area contributed by atoms with Crippen LogP contribution >= 0.6 is 22.9 Å². The van der Waals surface area contributed by atoms with E-state index >= 15 is 0 Å². The summed E-state index contributed by atoms with van der Waals surface area (Å²) >= 11 is 7.12. The second-order valence-electron chi connectivity index (χ2n) is 4.23. The molecular formula is C15H9ClFNOS. The highest BCUT2D eigenvalue weighted by Crippen LogP contribution is 2.28. The Morgan fingerprint density at radius 1 is 1.15 bits per heavy atom. The van der Waals surface area contributed by atoms with Gasteiger partial charge in [-0.3, -0.25) is 4.79 Å². The van der Waals surface area contributed by atoms with Crippen molar-refractivity contribution in [2.24, 2.45) is 0 Å². The Morgan fingerprint density at radius 3 is 2.70 bits per heavy atom. The number of fused-ring (bicyclic) bond motifs is 1. The zero-order chi connectivity index (χ0) is 14.1. The number of benzene rings is 2. The van der Waals surface area contributed by atoms with Crippen LogP contribution in [-0.4, -0.2) is 5.91 Å². The number of thiophene rings is 1. The summed E-state index contributed by atoms with van der Waals surface area (Å²) in [5.41, 5.74) is 0.612. The fourth-order valence-electron chi connectivity index (χ4n) is 1.90. The number of halogens is 2. The van der Waals surface area contributed by atoms with Gasteiger partial charge in [0, 0.05) is 20.8 Å².